The van der Waals surface area contributed by atoms with Crippen molar-refractivity contribution in [1.29, 1.82) is 0 Å². The molecule has 1 heterocycles. The van der Waals surface area contributed by atoms with Gasteiger partial charge in [0.05, 0.1) is 5.69 Å². The molecule has 1 aromatic heterocycles. The van der Waals surface area contributed by atoms with Gasteiger partial charge in [-0.15, -0.1) is 5.10 Å². The Labute approximate surface area is 127 Å². The van der Waals surface area contributed by atoms with E-state index in [1.165, 1.54) is 5.56 Å². The van der Waals surface area contributed by atoms with E-state index in [4.69, 9.17) is 0 Å². The number of aryl methyl sites for hydroxylation is 1. The van der Waals surface area contributed by atoms with E-state index in [9.17, 15) is 5.11 Å². The monoisotopic (exact) mass is 293 g/mol. The summed E-state index contributed by atoms with van der Waals surface area (Å²) >= 11 is 0. The van der Waals surface area contributed by atoms with E-state index in [1.807, 2.05) is 31.2 Å². The molecule has 2 aromatic carbocycles. The van der Waals surface area contributed by atoms with Crippen LogP contribution in [-0.4, -0.2) is 25.3 Å². The predicted molar refractivity (Wildman–Crippen MR) is 84.7 cm³/mol. The molecule has 0 aliphatic rings. The molecule has 0 atom stereocenters. The normalized spacial score (nSPS) is 11.0. The number of nitrogens with one attached hydrogen (secondary N) is 1. The number of nitrogens with zero attached hydrogens (tertiary/aromatic N) is 4. The Morgan fingerprint density at radius 1 is 1.05 bits per heavy atom. The zero-order chi connectivity index (χ0) is 15.4. The highest BCUT2D eigenvalue weighted by Crippen LogP contribution is 2.14. The fraction of sp³-hybridized carbons (Fsp3) is 0.0625. The van der Waals surface area contributed by atoms with Gasteiger partial charge in [-0.3, -0.25) is 0 Å². The van der Waals surface area contributed by atoms with Crippen LogP contribution >= 0.6 is 0 Å². The smallest absolute Gasteiger partial charge is 0.181 e. The molecule has 3 aromatic rings. The minimum absolute atomic E-state index is 0.234. The maximum absolute atomic E-state index is 9.24. The number of rotatable bonds is 4. The third kappa shape index (κ3) is 3.12. The van der Waals surface area contributed by atoms with E-state index >= 15 is 0 Å². The molecule has 0 saturated heterocycles. The van der Waals surface area contributed by atoms with Crippen molar-refractivity contribution in [3.63, 3.8) is 0 Å². The van der Waals surface area contributed by atoms with Crippen LogP contribution in [0, 0.1) is 6.92 Å². The molecule has 0 aliphatic heterocycles. The van der Waals surface area contributed by atoms with Gasteiger partial charge in [-0.2, -0.15) is 4.68 Å². The van der Waals surface area contributed by atoms with Crippen LogP contribution in [0.5, 0.6) is 5.75 Å². The lowest BCUT2D eigenvalue weighted by Gasteiger charge is -2.03. The quantitative estimate of drug-likeness (QED) is 0.723. The summed E-state index contributed by atoms with van der Waals surface area (Å²) in [7, 11) is 0. The van der Waals surface area contributed by atoms with Crippen LogP contribution in [0.25, 0.3) is 11.8 Å². The van der Waals surface area contributed by atoms with E-state index in [0.29, 0.717) is 5.82 Å². The molecule has 6 heteroatoms. The summed E-state index contributed by atoms with van der Waals surface area (Å²) in [5.74, 6) is 0.855. The van der Waals surface area contributed by atoms with Gasteiger partial charge in [-0.1, -0.05) is 17.7 Å². The van der Waals surface area contributed by atoms with Gasteiger partial charge in [0.1, 0.15) is 5.75 Å². The Morgan fingerprint density at radius 2 is 1.77 bits per heavy atom. The molecule has 110 valence electrons. The molecule has 0 amide bonds. The minimum atomic E-state index is 0.234. The fourth-order valence-corrected chi connectivity index (χ4v) is 1.94. The summed E-state index contributed by atoms with van der Waals surface area (Å²) in [6, 6.07) is 14.8. The highest BCUT2D eigenvalue weighted by Gasteiger charge is 2.04. The lowest BCUT2D eigenvalue weighted by atomic mass is 10.2. The van der Waals surface area contributed by atoms with Crippen molar-refractivity contribution in [3.05, 3.63) is 66.1 Å². The molecule has 0 unspecified atom stereocenters. The fourth-order valence-electron chi connectivity index (χ4n) is 1.94. The van der Waals surface area contributed by atoms with Gasteiger partial charge < -0.3 is 10.4 Å². The number of hydrogen-bond acceptors (Lipinski definition) is 5. The average molecular weight is 293 g/mol. The van der Waals surface area contributed by atoms with Crippen molar-refractivity contribution in [2.75, 3.05) is 5.32 Å². The molecule has 0 aliphatic carbocycles. The summed E-state index contributed by atoms with van der Waals surface area (Å²) in [5, 5.41) is 24.0. The standard InChI is InChI=1S/C16H15N5O/c1-12-2-6-14(7-3-12)21-16(18-19-20-21)10-11-17-13-4-8-15(22)9-5-13/h2-11,17,22H,1H3. The number of benzene rings is 2. The predicted octanol–water partition coefficient (Wildman–Crippen LogP) is 2.76. The molecule has 0 fully saturated rings. The maximum atomic E-state index is 9.24. The van der Waals surface area contributed by atoms with Gasteiger partial charge >= 0.3 is 0 Å². The second-order valence-electron chi connectivity index (χ2n) is 4.81. The first-order valence-electron chi connectivity index (χ1n) is 6.80. The molecule has 6 nitrogen and oxygen atoms in total. The number of phenolic OH excluding ortho intramolecular Hbond substituents is 1. The lowest BCUT2D eigenvalue weighted by molar-refractivity contribution is 0.475. The highest BCUT2D eigenvalue weighted by atomic mass is 16.3. The topological polar surface area (TPSA) is 75.9 Å². The molecule has 22 heavy (non-hydrogen) atoms. The lowest BCUT2D eigenvalue weighted by Crippen LogP contribution is -1.99. The zero-order valence-electron chi connectivity index (χ0n) is 12.0. The Hall–Kier alpha value is -3.15. The molecule has 2 N–H and O–H groups in total. The van der Waals surface area contributed by atoms with E-state index in [1.54, 1.807) is 41.2 Å². The number of hydrogen-bond donors (Lipinski definition) is 2. The zero-order valence-corrected chi connectivity index (χ0v) is 12.0. The Morgan fingerprint density at radius 3 is 2.50 bits per heavy atom. The van der Waals surface area contributed by atoms with E-state index in [2.05, 4.69) is 20.8 Å². The SMILES string of the molecule is Cc1ccc(-n2nnnc2C=CNc2ccc(O)cc2)cc1. The Kier molecular flexibility index (Phi) is 3.82. The minimum Gasteiger partial charge on any atom is -0.508 e. The number of anilines is 1. The average Bonchev–Trinajstić information content (AvgIpc) is 2.98. The first kappa shape index (κ1) is 13.8. The first-order valence-corrected chi connectivity index (χ1v) is 6.80. The number of tetrazole rings is 1. The molecule has 0 saturated carbocycles. The van der Waals surface area contributed by atoms with Crippen LogP contribution in [0.4, 0.5) is 5.69 Å². The number of aromatic nitrogens is 4. The van der Waals surface area contributed by atoms with E-state index < -0.39 is 0 Å². The summed E-state index contributed by atoms with van der Waals surface area (Å²) in [5.41, 5.74) is 2.95. The van der Waals surface area contributed by atoms with Crippen LogP contribution in [-0.2, 0) is 0 Å². The first-order chi connectivity index (χ1) is 10.7. The van der Waals surface area contributed by atoms with Crippen molar-refractivity contribution < 1.29 is 5.11 Å². The van der Waals surface area contributed by atoms with Gasteiger partial charge in [-0.05, 0) is 53.7 Å². The van der Waals surface area contributed by atoms with Gasteiger partial charge in [0.25, 0.3) is 0 Å². The third-order valence-corrected chi connectivity index (χ3v) is 3.12. The second-order valence-corrected chi connectivity index (χ2v) is 4.81. The van der Waals surface area contributed by atoms with Crippen LogP contribution in [0.3, 0.4) is 0 Å². The Bertz CT molecular complexity index is 775. The van der Waals surface area contributed by atoms with Crippen LogP contribution in [0.1, 0.15) is 11.4 Å². The molecule has 0 bridgehead atoms. The largest absolute Gasteiger partial charge is 0.508 e. The second kappa shape index (κ2) is 6.09. The van der Waals surface area contributed by atoms with E-state index in [-0.39, 0.29) is 5.75 Å². The molecule has 0 spiro atoms. The molecular formula is C16H15N5O. The number of phenols is 1. The van der Waals surface area contributed by atoms with Crippen molar-refractivity contribution >= 4 is 11.8 Å². The molecule has 3 rings (SSSR count). The summed E-state index contributed by atoms with van der Waals surface area (Å²) < 4.78 is 1.66. The van der Waals surface area contributed by atoms with Crippen molar-refractivity contribution in [2.45, 2.75) is 6.92 Å². The highest BCUT2D eigenvalue weighted by molar-refractivity contribution is 5.53. The number of aromatic hydroxyl groups is 1. The van der Waals surface area contributed by atoms with Gasteiger partial charge in [0.15, 0.2) is 5.82 Å². The van der Waals surface area contributed by atoms with Gasteiger partial charge in [0, 0.05) is 18.0 Å². The van der Waals surface area contributed by atoms with Gasteiger partial charge in [0.2, 0.25) is 0 Å². The van der Waals surface area contributed by atoms with Crippen molar-refractivity contribution in [2.24, 2.45) is 0 Å². The van der Waals surface area contributed by atoms with Crippen LogP contribution in [0.2, 0.25) is 0 Å². The van der Waals surface area contributed by atoms with Crippen LogP contribution in [0.15, 0.2) is 54.7 Å². The molecule has 0 radical (unpaired) electrons. The molecular weight excluding hydrogens is 278 g/mol. The maximum Gasteiger partial charge on any atom is 0.181 e. The van der Waals surface area contributed by atoms with Crippen LogP contribution < -0.4 is 5.32 Å². The summed E-state index contributed by atoms with van der Waals surface area (Å²) in [4.78, 5) is 0. The Balaban J connectivity index is 1.76. The van der Waals surface area contributed by atoms with Crippen molar-refractivity contribution in [1.82, 2.24) is 20.2 Å². The van der Waals surface area contributed by atoms with Crippen molar-refractivity contribution in [3.8, 4) is 11.4 Å². The van der Waals surface area contributed by atoms with E-state index in [0.717, 1.165) is 11.4 Å². The third-order valence-electron chi connectivity index (χ3n) is 3.12. The summed E-state index contributed by atoms with van der Waals surface area (Å²) in [6.07, 6.45) is 3.54. The van der Waals surface area contributed by atoms with Gasteiger partial charge in [-0.25, -0.2) is 0 Å². The summed E-state index contributed by atoms with van der Waals surface area (Å²) in [6.45, 7) is 2.03.